The fourth-order valence-electron chi connectivity index (χ4n) is 2.11. The van der Waals surface area contributed by atoms with E-state index in [-0.39, 0.29) is 11.4 Å². The van der Waals surface area contributed by atoms with Gasteiger partial charge in [0.1, 0.15) is 5.82 Å². The number of nitrogens with one attached hydrogen (secondary N) is 1. The van der Waals surface area contributed by atoms with Gasteiger partial charge in [0.05, 0.1) is 11.9 Å². The number of halogens is 1. The maximum atomic E-state index is 13.0. The van der Waals surface area contributed by atoms with Crippen molar-refractivity contribution < 1.29 is 19.7 Å². The largest absolute Gasteiger partial charge is 0.504 e. The predicted molar refractivity (Wildman–Crippen MR) is 74.4 cm³/mol. The molecule has 0 bridgehead atoms. The molecule has 6 heteroatoms. The topological polar surface area (TPSA) is 89.4 Å². The van der Waals surface area contributed by atoms with Crippen molar-refractivity contribution in [2.45, 2.75) is 0 Å². The zero-order valence-electron chi connectivity index (χ0n) is 10.7. The molecule has 0 atom stereocenters. The number of hydrogen-bond acceptors (Lipinski definition) is 4. The normalized spacial score (nSPS) is 10.7. The molecule has 0 aliphatic heterocycles. The second-order valence-corrected chi connectivity index (χ2v) is 4.50. The summed E-state index contributed by atoms with van der Waals surface area (Å²) in [5.74, 6) is -1.83. The van der Waals surface area contributed by atoms with Crippen LogP contribution < -0.4 is 0 Å². The molecule has 3 rings (SSSR count). The molecule has 2 aromatic carbocycles. The lowest BCUT2D eigenvalue weighted by Gasteiger charge is -2.08. The predicted octanol–water partition coefficient (Wildman–Crippen LogP) is 3.00. The number of phenols is 3. The number of rotatable bonds is 2. The minimum absolute atomic E-state index is 0.280. The summed E-state index contributed by atoms with van der Waals surface area (Å²) < 4.78 is 13.0. The van der Waals surface area contributed by atoms with Crippen molar-refractivity contribution in [2.75, 3.05) is 0 Å². The Morgan fingerprint density at radius 3 is 2.29 bits per heavy atom. The van der Waals surface area contributed by atoms with E-state index < -0.39 is 17.2 Å². The summed E-state index contributed by atoms with van der Waals surface area (Å²) in [6, 6.07) is 8.52. The first kappa shape index (κ1) is 13.0. The van der Waals surface area contributed by atoms with Gasteiger partial charge in [-0.25, -0.2) is 4.39 Å². The van der Waals surface area contributed by atoms with E-state index in [4.69, 9.17) is 0 Å². The van der Waals surface area contributed by atoms with Gasteiger partial charge in [0, 0.05) is 11.1 Å². The van der Waals surface area contributed by atoms with Crippen molar-refractivity contribution in [3.63, 3.8) is 0 Å². The van der Waals surface area contributed by atoms with E-state index in [9.17, 15) is 19.7 Å². The van der Waals surface area contributed by atoms with Crippen molar-refractivity contribution in [1.82, 2.24) is 10.2 Å². The van der Waals surface area contributed by atoms with Crippen LogP contribution >= 0.6 is 0 Å². The molecule has 3 aromatic rings. The van der Waals surface area contributed by atoms with E-state index in [1.807, 2.05) is 0 Å². The molecule has 0 amide bonds. The number of benzene rings is 2. The Balaban J connectivity index is 2.16. The van der Waals surface area contributed by atoms with Crippen molar-refractivity contribution in [3.05, 3.63) is 48.4 Å². The summed E-state index contributed by atoms with van der Waals surface area (Å²) in [6.45, 7) is 0. The van der Waals surface area contributed by atoms with E-state index in [1.54, 1.807) is 12.1 Å². The molecule has 1 aromatic heterocycles. The highest BCUT2D eigenvalue weighted by atomic mass is 19.1. The summed E-state index contributed by atoms with van der Waals surface area (Å²) in [4.78, 5) is 0. The third kappa shape index (κ3) is 2.16. The highest BCUT2D eigenvalue weighted by Gasteiger charge is 2.17. The lowest BCUT2D eigenvalue weighted by molar-refractivity contribution is 0.369. The van der Waals surface area contributed by atoms with Crippen LogP contribution in [0, 0.1) is 5.82 Å². The number of H-pyrrole nitrogens is 1. The summed E-state index contributed by atoms with van der Waals surface area (Å²) in [6.07, 6.45) is 1.53. The van der Waals surface area contributed by atoms with Gasteiger partial charge in [-0.15, -0.1) is 0 Å². The van der Waals surface area contributed by atoms with Gasteiger partial charge in [0.25, 0.3) is 0 Å². The fraction of sp³-hybridized carbons (Fsp3) is 0. The molecule has 0 fully saturated rings. The first-order chi connectivity index (χ1) is 10.1. The molecule has 1 heterocycles. The van der Waals surface area contributed by atoms with Crippen molar-refractivity contribution >= 4 is 0 Å². The van der Waals surface area contributed by atoms with E-state index in [0.29, 0.717) is 16.8 Å². The number of aromatic nitrogens is 2. The molecule has 0 radical (unpaired) electrons. The second kappa shape index (κ2) is 4.82. The molecule has 0 saturated carbocycles. The molecule has 4 N–H and O–H groups in total. The van der Waals surface area contributed by atoms with Crippen molar-refractivity contribution in [2.24, 2.45) is 0 Å². The average molecular weight is 286 g/mol. The molecule has 0 spiro atoms. The Bertz CT molecular complexity index is 797. The average Bonchev–Trinajstić information content (AvgIpc) is 2.95. The zero-order chi connectivity index (χ0) is 15.0. The van der Waals surface area contributed by atoms with Crippen molar-refractivity contribution in [1.29, 1.82) is 0 Å². The molecule has 0 aliphatic rings. The lowest BCUT2D eigenvalue weighted by atomic mass is 10.0. The highest BCUT2D eigenvalue weighted by Crippen LogP contribution is 2.43. The van der Waals surface area contributed by atoms with E-state index >= 15 is 0 Å². The second-order valence-electron chi connectivity index (χ2n) is 4.50. The standard InChI is InChI=1S/C15H11FN2O3/c16-9-3-1-8(2-4-9)11-7-17-18-13(11)10-5-6-12(19)15(21)14(10)20/h1-7,19-21H,(H,17,18). The number of aromatic amines is 1. The highest BCUT2D eigenvalue weighted by molar-refractivity contribution is 5.84. The third-order valence-corrected chi connectivity index (χ3v) is 3.19. The minimum Gasteiger partial charge on any atom is -0.504 e. The fourth-order valence-corrected chi connectivity index (χ4v) is 2.11. The first-order valence-corrected chi connectivity index (χ1v) is 6.11. The molecule has 106 valence electrons. The van der Waals surface area contributed by atoms with Crippen molar-refractivity contribution in [3.8, 4) is 39.6 Å². The number of nitrogens with zero attached hydrogens (tertiary/aromatic N) is 1. The molecule has 0 unspecified atom stereocenters. The number of phenolic OH excluding ortho intramolecular Hbond substituents is 3. The van der Waals surface area contributed by atoms with Gasteiger partial charge in [-0.2, -0.15) is 5.10 Å². The van der Waals surface area contributed by atoms with Crippen LogP contribution in [0.2, 0.25) is 0 Å². The SMILES string of the molecule is Oc1ccc(-c2[nH]ncc2-c2ccc(F)cc2)c(O)c1O. The third-order valence-electron chi connectivity index (χ3n) is 3.19. The van der Waals surface area contributed by atoms with Crippen LogP contribution in [0.5, 0.6) is 17.2 Å². The van der Waals surface area contributed by atoms with Gasteiger partial charge < -0.3 is 15.3 Å². The van der Waals surface area contributed by atoms with Crippen LogP contribution in [0.4, 0.5) is 4.39 Å². The Hall–Kier alpha value is -3.02. The Morgan fingerprint density at radius 2 is 1.57 bits per heavy atom. The van der Waals surface area contributed by atoms with Gasteiger partial charge in [-0.1, -0.05) is 12.1 Å². The maximum absolute atomic E-state index is 13.0. The summed E-state index contributed by atoms with van der Waals surface area (Å²) in [7, 11) is 0. The molecule has 21 heavy (non-hydrogen) atoms. The van der Waals surface area contributed by atoms with Crippen LogP contribution in [0.15, 0.2) is 42.6 Å². The van der Waals surface area contributed by atoms with Gasteiger partial charge in [0.15, 0.2) is 11.5 Å². The molecular formula is C15H11FN2O3. The Labute approximate surface area is 118 Å². The molecule has 0 aliphatic carbocycles. The van der Waals surface area contributed by atoms with Crippen LogP contribution in [-0.2, 0) is 0 Å². The lowest BCUT2D eigenvalue weighted by Crippen LogP contribution is -1.85. The van der Waals surface area contributed by atoms with E-state index in [0.717, 1.165) is 0 Å². The molecule has 0 saturated heterocycles. The summed E-state index contributed by atoms with van der Waals surface area (Å²) >= 11 is 0. The van der Waals surface area contributed by atoms with E-state index in [1.165, 1.54) is 30.5 Å². The van der Waals surface area contributed by atoms with Crippen LogP contribution in [0.25, 0.3) is 22.4 Å². The van der Waals surface area contributed by atoms with Gasteiger partial charge in [-0.3, -0.25) is 5.10 Å². The Kier molecular flexibility index (Phi) is 2.98. The van der Waals surface area contributed by atoms with Crippen LogP contribution in [-0.4, -0.2) is 25.5 Å². The zero-order valence-corrected chi connectivity index (χ0v) is 10.7. The van der Waals surface area contributed by atoms with Crippen LogP contribution in [0.3, 0.4) is 0 Å². The van der Waals surface area contributed by atoms with Gasteiger partial charge in [-0.05, 0) is 29.8 Å². The maximum Gasteiger partial charge on any atom is 0.200 e. The Morgan fingerprint density at radius 1 is 0.857 bits per heavy atom. The smallest absolute Gasteiger partial charge is 0.200 e. The quantitative estimate of drug-likeness (QED) is 0.545. The molecular weight excluding hydrogens is 275 g/mol. The van der Waals surface area contributed by atoms with Crippen LogP contribution in [0.1, 0.15) is 0 Å². The monoisotopic (exact) mass is 286 g/mol. The van der Waals surface area contributed by atoms with Gasteiger partial charge >= 0.3 is 0 Å². The van der Waals surface area contributed by atoms with E-state index in [2.05, 4.69) is 10.2 Å². The minimum atomic E-state index is -0.604. The summed E-state index contributed by atoms with van der Waals surface area (Å²) in [5.41, 5.74) is 2.07. The number of aromatic hydroxyl groups is 3. The van der Waals surface area contributed by atoms with Gasteiger partial charge in [0.2, 0.25) is 5.75 Å². The molecule has 5 nitrogen and oxygen atoms in total. The summed E-state index contributed by atoms with van der Waals surface area (Å²) in [5, 5.41) is 35.6. The number of hydrogen-bond donors (Lipinski definition) is 4. The first-order valence-electron chi connectivity index (χ1n) is 6.11.